The minimum atomic E-state index is -0.260. The third-order valence-electron chi connectivity index (χ3n) is 8.07. The predicted molar refractivity (Wildman–Crippen MR) is 87.6 cm³/mol. The third-order valence-corrected chi connectivity index (χ3v) is 8.07. The van der Waals surface area contributed by atoms with Crippen LogP contribution in [0.25, 0.3) is 0 Å². The van der Waals surface area contributed by atoms with Crippen LogP contribution in [0.2, 0.25) is 0 Å². The summed E-state index contributed by atoms with van der Waals surface area (Å²) in [4.78, 5) is 1.78. The van der Waals surface area contributed by atoms with E-state index < -0.39 is 0 Å². The molecular weight excluding hydrogens is 306 g/mol. The smallest absolute Gasteiger partial charge is 0.147 e. The molecule has 10 unspecified atom stereocenters. The van der Waals surface area contributed by atoms with Crippen LogP contribution in [-0.2, 0) is 14.2 Å². The maximum atomic E-state index is 10.3. The van der Waals surface area contributed by atoms with Gasteiger partial charge in [-0.15, -0.1) is 0 Å². The monoisotopic (exact) mass is 338 g/mol. The molecule has 3 heterocycles. The van der Waals surface area contributed by atoms with Crippen LogP contribution in [0.4, 0.5) is 0 Å². The van der Waals surface area contributed by atoms with Crippen molar-refractivity contribution in [2.75, 3.05) is 27.0 Å². The molecular formula is C19H32NO4+. The minimum absolute atomic E-state index is 0.0530. The van der Waals surface area contributed by atoms with Gasteiger partial charge >= 0.3 is 0 Å². The fraction of sp³-hybridized carbons (Fsp3) is 1.00. The van der Waals surface area contributed by atoms with Crippen LogP contribution in [0.5, 0.6) is 0 Å². The van der Waals surface area contributed by atoms with E-state index in [1.54, 1.807) is 12.0 Å². The van der Waals surface area contributed by atoms with Crippen molar-refractivity contribution in [2.45, 2.75) is 69.0 Å². The predicted octanol–water partition coefficient (Wildman–Crippen LogP) is 0.217. The number of aliphatic hydroxyl groups excluding tert-OH is 1. The molecule has 2 saturated carbocycles. The Hall–Kier alpha value is -0.200. The van der Waals surface area contributed by atoms with Crippen LogP contribution < -0.4 is 4.90 Å². The Morgan fingerprint density at radius 2 is 1.75 bits per heavy atom. The van der Waals surface area contributed by atoms with Gasteiger partial charge in [-0.3, -0.25) is 0 Å². The summed E-state index contributed by atoms with van der Waals surface area (Å²) in [5.74, 6) is 2.93. The molecule has 0 radical (unpaired) electrons. The molecule has 3 saturated heterocycles. The van der Waals surface area contributed by atoms with Crippen molar-refractivity contribution in [2.24, 2.45) is 23.7 Å². The van der Waals surface area contributed by atoms with Gasteiger partial charge in [-0.2, -0.15) is 0 Å². The van der Waals surface area contributed by atoms with Gasteiger partial charge < -0.3 is 24.2 Å². The molecule has 0 spiro atoms. The minimum Gasteiger partial charge on any atom is -0.390 e. The van der Waals surface area contributed by atoms with E-state index in [0.717, 1.165) is 30.2 Å². The van der Waals surface area contributed by atoms with Gasteiger partial charge in [0, 0.05) is 25.4 Å². The van der Waals surface area contributed by atoms with Gasteiger partial charge in [0.2, 0.25) is 0 Å². The van der Waals surface area contributed by atoms with Crippen molar-refractivity contribution >= 4 is 0 Å². The van der Waals surface area contributed by atoms with Crippen LogP contribution in [0.3, 0.4) is 0 Å². The van der Waals surface area contributed by atoms with E-state index in [2.05, 4.69) is 0 Å². The normalized spacial score (nSPS) is 56.8. The van der Waals surface area contributed by atoms with E-state index >= 15 is 0 Å². The SMILES string of the molecule is COC1C(O)CCC2CC3C4CC5OCOC5CC4CC[NH+]3CC21. The van der Waals surface area contributed by atoms with Crippen LogP contribution >= 0.6 is 0 Å². The summed E-state index contributed by atoms with van der Waals surface area (Å²) < 4.78 is 17.4. The molecule has 5 heteroatoms. The van der Waals surface area contributed by atoms with Crippen molar-refractivity contribution < 1.29 is 24.2 Å². The summed E-state index contributed by atoms with van der Waals surface area (Å²) in [6.45, 7) is 2.99. The van der Waals surface area contributed by atoms with Crippen molar-refractivity contribution in [3.63, 3.8) is 0 Å². The molecule has 5 rings (SSSR count). The van der Waals surface area contributed by atoms with Crippen molar-refractivity contribution in [3.8, 4) is 0 Å². The molecule has 2 aliphatic carbocycles. The van der Waals surface area contributed by atoms with Gasteiger partial charge in [-0.25, -0.2) is 0 Å². The molecule has 0 amide bonds. The molecule has 0 aromatic carbocycles. The fourth-order valence-electron chi connectivity index (χ4n) is 6.93. The number of quaternary nitrogens is 1. The summed E-state index contributed by atoms with van der Waals surface area (Å²) in [7, 11) is 1.78. The lowest BCUT2D eigenvalue weighted by atomic mass is 9.62. The number of piperidine rings is 2. The highest BCUT2D eigenvalue weighted by Crippen LogP contribution is 2.45. The number of hydrogen-bond donors (Lipinski definition) is 2. The van der Waals surface area contributed by atoms with E-state index in [0.29, 0.717) is 24.9 Å². The van der Waals surface area contributed by atoms with Gasteiger partial charge in [0.05, 0.1) is 43.5 Å². The second-order valence-corrected chi connectivity index (χ2v) is 8.94. The molecule has 0 aromatic rings. The largest absolute Gasteiger partial charge is 0.390 e. The molecule has 5 nitrogen and oxygen atoms in total. The Morgan fingerprint density at radius 3 is 2.58 bits per heavy atom. The van der Waals surface area contributed by atoms with Gasteiger partial charge in [0.25, 0.3) is 0 Å². The number of nitrogens with one attached hydrogen (secondary N) is 1. The molecule has 136 valence electrons. The Morgan fingerprint density at radius 1 is 0.958 bits per heavy atom. The van der Waals surface area contributed by atoms with Crippen molar-refractivity contribution in [1.82, 2.24) is 0 Å². The highest BCUT2D eigenvalue weighted by molar-refractivity contribution is 4.98. The van der Waals surface area contributed by atoms with Gasteiger partial charge in [0.15, 0.2) is 0 Å². The lowest BCUT2D eigenvalue weighted by Crippen LogP contribution is -3.20. The maximum Gasteiger partial charge on any atom is 0.147 e. The van der Waals surface area contributed by atoms with Crippen LogP contribution in [-0.4, -0.2) is 62.6 Å². The number of ether oxygens (including phenoxy) is 3. The van der Waals surface area contributed by atoms with Crippen molar-refractivity contribution in [3.05, 3.63) is 0 Å². The first kappa shape index (κ1) is 16.0. The zero-order valence-corrected chi connectivity index (χ0v) is 14.7. The average molecular weight is 338 g/mol. The van der Waals surface area contributed by atoms with Gasteiger partial charge in [-0.1, -0.05) is 0 Å². The van der Waals surface area contributed by atoms with Crippen LogP contribution in [0.15, 0.2) is 0 Å². The first-order valence-electron chi connectivity index (χ1n) is 10.0. The Balaban J connectivity index is 1.34. The lowest BCUT2D eigenvalue weighted by Gasteiger charge is -2.54. The summed E-state index contributed by atoms with van der Waals surface area (Å²) in [6, 6.07) is 0.794. The highest BCUT2D eigenvalue weighted by Gasteiger charge is 2.54. The molecule has 5 fully saturated rings. The molecule has 0 bridgehead atoms. The number of aliphatic hydroxyl groups is 1. The average Bonchev–Trinajstić information content (AvgIpc) is 3.05. The summed E-state index contributed by atoms with van der Waals surface area (Å²) in [5.41, 5.74) is 0. The van der Waals surface area contributed by atoms with Gasteiger partial charge in [0.1, 0.15) is 6.79 Å². The molecule has 10 atom stereocenters. The quantitative estimate of drug-likeness (QED) is 0.718. The van der Waals surface area contributed by atoms with E-state index in [1.807, 2.05) is 0 Å². The zero-order chi connectivity index (χ0) is 16.3. The standard InChI is InChI=1S/C19H31NO4/c1-22-19-14-9-20-5-4-12-7-17-18(24-10-23-17)8-13(12)15(20)6-11(14)2-3-16(19)21/h11-19,21H,2-10H2,1H3/p+1. The lowest BCUT2D eigenvalue weighted by molar-refractivity contribution is -0.948. The second kappa shape index (κ2) is 6.20. The Kier molecular flexibility index (Phi) is 4.14. The molecule has 3 aliphatic heterocycles. The van der Waals surface area contributed by atoms with Gasteiger partial charge in [-0.05, 0) is 43.9 Å². The highest BCUT2D eigenvalue weighted by atomic mass is 16.7. The molecule has 0 aromatic heterocycles. The number of methoxy groups -OCH3 is 1. The summed E-state index contributed by atoms with van der Waals surface area (Å²) in [6.07, 6.45) is 7.68. The van der Waals surface area contributed by atoms with E-state index in [9.17, 15) is 5.11 Å². The van der Waals surface area contributed by atoms with E-state index in [1.165, 1.54) is 45.2 Å². The third kappa shape index (κ3) is 2.47. The number of rotatable bonds is 1. The molecule has 5 aliphatic rings. The summed E-state index contributed by atoms with van der Waals surface area (Å²) >= 11 is 0. The van der Waals surface area contributed by atoms with E-state index in [4.69, 9.17) is 14.2 Å². The number of hydrogen-bond acceptors (Lipinski definition) is 4. The van der Waals surface area contributed by atoms with Crippen LogP contribution in [0.1, 0.15) is 38.5 Å². The molecule has 2 N–H and O–H groups in total. The van der Waals surface area contributed by atoms with Crippen molar-refractivity contribution in [1.29, 1.82) is 0 Å². The second-order valence-electron chi connectivity index (χ2n) is 8.94. The number of fused-ring (bicyclic) bond motifs is 5. The van der Waals surface area contributed by atoms with Crippen LogP contribution in [0, 0.1) is 23.7 Å². The maximum absolute atomic E-state index is 10.3. The molecule has 24 heavy (non-hydrogen) atoms. The Labute approximate surface area is 144 Å². The summed E-state index contributed by atoms with van der Waals surface area (Å²) in [5, 5.41) is 10.3. The topological polar surface area (TPSA) is 52.4 Å². The first-order chi connectivity index (χ1) is 11.7. The Bertz CT molecular complexity index is 474. The fourth-order valence-corrected chi connectivity index (χ4v) is 6.93. The zero-order valence-electron chi connectivity index (χ0n) is 14.7. The first-order valence-corrected chi connectivity index (χ1v) is 10.0. The van der Waals surface area contributed by atoms with E-state index in [-0.39, 0.29) is 12.2 Å².